The second kappa shape index (κ2) is 7.59. The van der Waals surface area contributed by atoms with E-state index in [1.165, 1.54) is 43.7 Å². The number of anilines is 1. The molecule has 2 N–H and O–H groups in total. The van der Waals surface area contributed by atoms with Crippen LogP contribution in [0, 0.1) is 11.6 Å². The van der Waals surface area contributed by atoms with Crippen molar-refractivity contribution >= 4 is 34.4 Å². The highest BCUT2D eigenvalue weighted by molar-refractivity contribution is 6.51. The van der Waals surface area contributed by atoms with Gasteiger partial charge in [-0.1, -0.05) is 0 Å². The van der Waals surface area contributed by atoms with Crippen LogP contribution in [0.25, 0.3) is 16.8 Å². The number of aromatic nitrogens is 2. The molecule has 1 saturated heterocycles. The van der Waals surface area contributed by atoms with E-state index in [9.17, 15) is 23.5 Å². The van der Waals surface area contributed by atoms with Gasteiger partial charge < -0.3 is 19.2 Å². The summed E-state index contributed by atoms with van der Waals surface area (Å²) in [7, 11) is 1.32. The second-order valence-corrected chi connectivity index (χ2v) is 7.25. The minimum Gasteiger partial charge on any atom is -0.507 e. The van der Waals surface area contributed by atoms with E-state index in [0.717, 1.165) is 17.0 Å². The molecule has 1 fully saturated rings. The smallest absolute Gasteiger partial charge is 0.302 e. The van der Waals surface area contributed by atoms with Gasteiger partial charge in [0, 0.05) is 0 Å². The molecule has 8 nitrogen and oxygen atoms in total. The average Bonchev–Trinajstić information content (AvgIpc) is 3.52. The molecule has 2 aromatic carbocycles. The molecule has 1 amide bonds. The van der Waals surface area contributed by atoms with E-state index in [1.54, 1.807) is 6.07 Å². The van der Waals surface area contributed by atoms with E-state index >= 15 is 0 Å². The fourth-order valence-electron chi connectivity index (χ4n) is 3.86. The Hall–Kier alpha value is -4.47. The van der Waals surface area contributed by atoms with Crippen LogP contribution < -0.4 is 9.64 Å². The number of aromatic amines is 1. The number of amides is 1. The largest absolute Gasteiger partial charge is 0.507 e. The number of rotatable bonds is 4. The number of carbonyl (C=O) groups is 2. The lowest BCUT2D eigenvalue weighted by molar-refractivity contribution is -0.132. The van der Waals surface area contributed by atoms with Crippen molar-refractivity contribution in [2.24, 2.45) is 0 Å². The monoisotopic (exact) mass is 451 g/mol. The lowest BCUT2D eigenvalue weighted by Gasteiger charge is -2.20. The minimum atomic E-state index is -1.22. The molecule has 0 spiro atoms. The number of hydrogen-bond acceptors (Lipinski definition) is 6. The maximum absolute atomic E-state index is 14.0. The molecule has 0 radical (unpaired) electrons. The Morgan fingerprint density at radius 2 is 1.91 bits per heavy atom. The first-order chi connectivity index (χ1) is 15.9. The quantitative estimate of drug-likeness (QED) is 0.275. The van der Waals surface area contributed by atoms with Crippen LogP contribution in [0.4, 0.5) is 14.7 Å². The Kier molecular flexibility index (Phi) is 4.70. The number of methoxy groups -OCH3 is 1. The summed E-state index contributed by atoms with van der Waals surface area (Å²) in [6.45, 7) is 0. The maximum atomic E-state index is 14.0. The molecule has 33 heavy (non-hydrogen) atoms. The topological polar surface area (TPSA) is 109 Å². The molecule has 1 atom stereocenters. The first kappa shape index (κ1) is 20.4. The highest BCUT2D eigenvalue weighted by Crippen LogP contribution is 2.43. The summed E-state index contributed by atoms with van der Waals surface area (Å²) >= 11 is 0. The summed E-state index contributed by atoms with van der Waals surface area (Å²) in [5, 5.41) is 11.1. The Labute approximate surface area is 184 Å². The summed E-state index contributed by atoms with van der Waals surface area (Å²) < 4.78 is 38.2. The molecular formula is C23H15F2N3O5. The summed E-state index contributed by atoms with van der Waals surface area (Å²) in [5.41, 5.74) is 0.208. The molecule has 0 aliphatic carbocycles. The van der Waals surface area contributed by atoms with Gasteiger partial charge in [0.25, 0.3) is 5.78 Å². The molecule has 1 aliphatic rings. The van der Waals surface area contributed by atoms with Gasteiger partial charge in [0.15, 0.2) is 0 Å². The highest BCUT2D eigenvalue weighted by atomic mass is 19.1. The minimum absolute atomic E-state index is 0.0515. The molecule has 166 valence electrons. The van der Waals surface area contributed by atoms with Crippen molar-refractivity contribution in [2.45, 2.75) is 6.04 Å². The van der Waals surface area contributed by atoms with Crippen molar-refractivity contribution in [3.63, 3.8) is 0 Å². The zero-order chi connectivity index (χ0) is 23.3. The first-order valence-electron chi connectivity index (χ1n) is 9.72. The van der Waals surface area contributed by atoms with Crippen LogP contribution in [0.1, 0.15) is 17.4 Å². The molecule has 4 aromatic rings. The number of H-pyrrole nitrogens is 1. The van der Waals surface area contributed by atoms with Crippen molar-refractivity contribution in [3.05, 3.63) is 83.3 Å². The van der Waals surface area contributed by atoms with Crippen molar-refractivity contribution in [1.29, 1.82) is 0 Å². The Balaban J connectivity index is 1.74. The number of aliphatic hydroxyl groups excluding tert-OH is 1. The van der Waals surface area contributed by atoms with E-state index < -0.39 is 35.1 Å². The van der Waals surface area contributed by atoms with Crippen molar-refractivity contribution < 1.29 is 32.6 Å². The number of benzene rings is 2. The molecular weight excluding hydrogens is 436 g/mol. The van der Waals surface area contributed by atoms with Gasteiger partial charge in [0.2, 0.25) is 5.95 Å². The van der Waals surface area contributed by atoms with Crippen LogP contribution in [0.2, 0.25) is 0 Å². The Bertz CT molecular complexity index is 1440. The lowest BCUT2D eigenvalue weighted by Crippen LogP contribution is -2.30. The summed E-state index contributed by atoms with van der Waals surface area (Å²) in [5.74, 6) is -3.68. The second-order valence-electron chi connectivity index (χ2n) is 7.25. The molecule has 1 unspecified atom stereocenters. The Morgan fingerprint density at radius 1 is 1.15 bits per heavy atom. The SMILES string of the molecule is COc1ccc(F)cc1/C(O)=C1\C(=O)C(=O)N(c2nc3ccc(F)cc3[nH]2)C1c1ccco1. The van der Waals surface area contributed by atoms with Gasteiger partial charge in [-0.2, -0.15) is 0 Å². The molecule has 0 saturated carbocycles. The van der Waals surface area contributed by atoms with Crippen molar-refractivity contribution in [3.8, 4) is 5.75 Å². The Morgan fingerprint density at radius 3 is 2.64 bits per heavy atom. The van der Waals surface area contributed by atoms with Crippen molar-refractivity contribution in [2.75, 3.05) is 12.0 Å². The third-order valence-corrected chi connectivity index (χ3v) is 5.33. The van der Waals surface area contributed by atoms with Crippen LogP contribution in [0.15, 0.2) is 64.8 Å². The van der Waals surface area contributed by atoms with Crippen LogP contribution in [-0.2, 0) is 9.59 Å². The van der Waals surface area contributed by atoms with Gasteiger partial charge >= 0.3 is 5.91 Å². The number of nitrogens with one attached hydrogen (secondary N) is 1. The summed E-state index contributed by atoms with van der Waals surface area (Å²) in [6.07, 6.45) is 1.34. The molecule has 3 heterocycles. The number of aliphatic hydroxyl groups is 1. The number of carbonyl (C=O) groups excluding carboxylic acids is 2. The number of imidazole rings is 1. The van der Waals surface area contributed by atoms with Crippen LogP contribution in [-0.4, -0.2) is 33.9 Å². The molecule has 2 aromatic heterocycles. The average molecular weight is 451 g/mol. The molecule has 5 rings (SSSR count). The fourth-order valence-corrected chi connectivity index (χ4v) is 3.86. The van der Waals surface area contributed by atoms with E-state index in [-0.39, 0.29) is 28.6 Å². The third kappa shape index (κ3) is 3.23. The lowest BCUT2D eigenvalue weighted by atomic mass is 9.99. The van der Waals surface area contributed by atoms with E-state index in [0.29, 0.717) is 11.0 Å². The number of Topliss-reactive ketones (excluding diaryl/α,β-unsaturated/α-hetero) is 1. The molecule has 10 heteroatoms. The number of fused-ring (bicyclic) bond motifs is 1. The van der Waals surface area contributed by atoms with E-state index in [2.05, 4.69) is 9.97 Å². The van der Waals surface area contributed by atoms with Gasteiger partial charge in [0.05, 0.1) is 35.5 Å². The van der Waals surface area contributed by atoms with Gasteiger partial charge in [-0.05, 0) is 48.5 Å². The number of ether oxygens (including phenoxy) is 1. The van der Waals surface area contributed by atoms with Crippen LogP contribution >= 0.6 is 0 Å². The van der Waals surface area contributed by atoms with Crippen molar-refractivity contribution in [1.82, 2.24) is 9.97 Å². The van der Waals surface area contributed by atoms with Gasteiger partial charge in [-0.3, -0.25) is 14.5 Å². The predicted molar refractivity (Wildman–Crippen MR) is 112 cm³/mol. The molecule has 0 bridgehead atoms. The third-order valence-electron chi connectivity index (χ3n) is 5.33. The number of ketones is 1. The van der Waals surface area contributed by atoms with Gasteiger partial charge in [-0.25, -0.2) is 13.8 Å². The number of halogens is 2. The van der Waals surface area contributed by atoms with Gasteiger partial charge in [0.1, 0.15) is 34.9 Å². The molecule has 1 aliphatic heterocycles. The summed E-state index contributed by atoms with van der Waals surface area (Å²) in [6, 6.07) is 9.07. The summed E-state index contributed by atoms with van der Waals surface area (Å²) in [4.78, 5) is 34.3. The van der Waals surface area contributed by atoms with Gasteiger partial charge in [-0.15, -0.1) is 0 Å². The zero-order valence-corrected chi connectivity index (χ0v) is 17.0. The number of nitrogens with zero attached hydrogens (tertiary/aromatic N) is 2. The van der Waals surface area contributed by atoms with Crippen LogP contribution in [0.3, 0.4) is 0 Å². The predicted octanol–water partition coefficient (Wildman–Crippen LogP) is 4.07. The standard InChI is InChI=1S/C23H15F2N3O5/c1-32-16-7-5-11(24)9-13(16)20(29)18-19(17-3-2-8-33-17)28(22(31)21(18)30)23-26-14-6-4-12(25)10-15(14)27-23/h2-10,19,29H,1H3,(H,26,27)/b20-18+. The van der Waals surface area contributed by atoms with E-state index in [4.69, 9.17) is 9.15 Å². The normalized spacial score (nSPS) is 17.8. The van der Waals surface area contributed by atoms with E-state index in [1.807, 2.05) is 0 Å². The number of furan rings is 1. The maximum Gasteiger partial charge on any atom is 0.302 e. The highest BCUT2D eigenvalue weighted by Gasteiger charge is 2.49. The van der Waals surface area contributed by atoms with Crippen LogP contribution in [0.5, 0.6) is 5.75 Å². The first-order valence-corrected chi connectivity index (χ1v) is 9.72. The fraction of sp³-hybridized carbons (Fsp3) is 0.0870. The zero-order valence-electron chi connectivity index (χ0n) is 17.0. The number of hydrogen-bond donors (Lipinski definition) is 2.